The molecular weight excluding hydrogens is 332 g/mol. The van der Waals surface area contributed by atoms with Gasteiger partial charge in [0.25, 0.3) is 0 Å². The van der Waals surface area contributed by atoms with Crippen molar-refractivity contribution in [3.8, 4) is 0 Å². The molecule has 1 atom stereocenters. The van der Waals surface area contributed by atoms with Gasteiger partial charge >= 0.3 is 0 Å². The molecule has 2 fully saturated rings. The maximum absolute atomic E-state index is 12.0. The van der Waals surface area contributed by atoms with Crippen molar-refractivity contribution in [3.63, 3.8) is 0 Å². The molecule has 2 aliphatic rings. The third kappa shape index (κ3) is 8.85. The standard InChI is InChI=1S/C19H36N4O3/c1-20-19(21-11-6-13-25-15-17-9-5-14-26-17)22-12-10-18(24)23-16-7-3-2-4-8-16/h16-17H,2-15H2,1H3,(H,23,24)(H2,20,21,22). The summed E-state index contributed by atoms with van der Waals surface area (Å²) < 4.78 is 11.2. The summed E-state index contributed by atoms with van der Waals surface area (Å²) in [4.78, 5) is 16.2. The van der Waals surface area contributed by atoms with Crippen molar-refractivity contribution in [2.75, 3.05) is 40.0 Å². The molecule has 0 radical (unpaired) electrons. The molecule has 2 rings (SSSR count). The van der Waals surface area contributed by atoms with Crippen LogP contribution in [0.3, 0.4) is 0 Å². The molecule has 7 nitrogen and oxygen atoms in total. The lowest BCUT2D eigenvalue weighted by Crippen LogP contribution is -2.41. The lowest BCUT2D eigenvalue weighted by Gasteiger charge is -2.22. The zero-order chi connectivity index (χ0) is 18.5. The predicted molar refractivity (Wildman–Crippen MR) is 103 cm³/mol. The van der Waals surface area contributed by atoms with E-state index in [2.05, 4.69) is 20.9 Å². The number of carbonyl (C=O) groups is 1. The number of rotatable bonds is 10. The van der Waals surface area contributed by atoms with E-state index in [0.717, 1.165) is 51.2 Å². The molecule has 0 aromatic heterocycles. The highest BCUT2D eigenvalue weighted by atomic mass is 16.5. The first kappa shape index (κ1) is 21.0. The minimum Gasteiger partial charge on any atom is -0.379 e. The number of carbonyl (C=O) groups excluding carboxylic acids is 1. The van der Waals surface area contributed by atoms with Gasteiger partial charge in [-0.1, -0.05) is 19.3 Å². The van der Waals surface area contributed by atoms with E-state index in [1.807, 2.05) is 0 Å². The van der Waals surface area contributed by atoms with E-state index in [-0.39, 0.29) is 12.0 Å². The molecule has 1 heterocycles. The van der Waals surface area contributed by atoms with Crippen molar-refractivity contribution in [2.45, 2.75) is 69.9 Å². The Bertz CT molecular complexity index is 419. The molecule has 1 saturated heterocycles. The number of guanidine groups is 1. The first-order chi connectivity index (χ1) is 12.8. The number of nitrogens with zero attached hydrogens (tertiary/aromatic N) is 1. The largest absolute Gasteiger partial charge is 0.379 e. The van der Waals surface area contributed by atoms with E-state index in [0.29, 0.717) is 32.2 Å². The van der Waals surface area contributed by atoms with Crippen LogP contribution in [-0.2, 0) is 14.3 Å². The number of hydrogen-bond donors (Lipinski definition) is 3. The third-order valence-corrected chi connectivity index (χ3v) is 4.92. The second kappa shape index (κ2) is 12.9. The molecular formula is C19H36N4O3. The summed E-state index contributed by atoms with van der Waals surface area (Å²) in [5, 5.41) is 9.57. The number of ether oxygens (including phenoxy) is 2. The Hall–Kier alpha value is -1.34. The highest BCUT2D eigenvalue weighted by Crippen LogP contribution is 2.17. The van der Waals surface area contributed by atoms with Crippen LogP contribution in [0.2, 0.25) is 0 Å². The van der Waals surface area contributed by atoms with Gasteiger partial charge in [-0.2, -0.15) is 0 Å². The Kier molecular flexibility index (Phi) is 10.4. The summed E-state index contributed by atoms with van der Waals surface area (Å²) in [7, 11) is 1.74. The maximum Gasteiger partial charge on any atom is 0.221 e. The van der Waals surface area contributed by atoms with Gasteiger partial charge in [0.1, 0.15) is 0 Å². The number of aliphatic imine (C=N–C) groups is 1. The van der Waals surface area contributed by atoms with Crippen LogP contribution >= 0.6 is 0 Å². The summed E-state index contributed by atoms with van der Waals surface area (Å²) in [6.45, 7) is 3.67. The molecule has 1 aliphatic carbocycles. The van der Waals surface area contributed by atoms with Gasteiger partial charge in [0.05, 0.1) is 12.7 Å². The number of nitrogens with one attached hydrogen (secondary N) is 3. The number of amides is 1. The Labute approximate surface area is 157 Å². The fourth-order valence-corrected chi connectivity index (χ4v) is 3.43. The lowest BCUT2D eigenvalue weighted by atomic mass is 9.95. The van der Waals surface area contributed by atoms with Gasteiger partial charge in [0.2, 0.25) is 5.91 Å². The summed E-state index contributed by atoms with van der Waals surface area (Å²) in [5.74, 6) is 0.858. The predicted octanol–water partition coefficient (Wildman–Crippen LogP) is 1.58. The van der Waals surface area contributed by atoms with Crippen molar-refractivity contribution in [3.05, 3.63) is 0 Å². The molecule has 0 bridgehead atoms. The van der Waals surface area contributed by atoms with E-state index >= 15 is 0 Å². The molecule has 1 aliphatic heterocycles. The van der Waals surface area contributed by atoms with Crippen LogP contribution in [0.15, 0.2) is 4.99 Å². The van der Waals surface area contributed by atoms with Gasteiger partial charge in [-0.05, 0) is 32.1 Å². The molecule has 1 unspecified atom stereocenters. The Balaban J connectivity index is 1.44. The average Bonchev–Trinajstić information content (AvgIpc) is 3.17. The molecule has 7 heteroatoms. The van der Waals surface area contributed by atoms with E-state index in [1.54, 1.807) is 7.05 Å². The molecule has 26 heavy (non-hydrogen) atoms. The van der Waals surface area contributed by atoms with Crippen molar-refractivity contribution < 1.29 is 14.3 Å². The zero-order valence-corrected chi connectivity index (χ0v) is 16.2. The molecule has 1 amide bonds. The minimum atomic E-state index is 0.127. The van der Waals surface area contributed by atoms with E-state index in [9.17, 15) is 4.79 Å². The second-order valence-electron chi connectivity index (χ2n) is 7.14. The fourth-order valence-electron chi connectivity index (χ4n) is 3.43. The zero-order valence-electron chi connectivity index (χ0n) is 16.2. The lowest BCUT2D eigenvalue weighted by molar-refractivity contribution is -0.121. The summed E-state index contributed by atoms with van der Waals surface area (Å²) in [6, 6.07) is 0.378. The smallest absolute Gasteiger partial charge is 0.221 e. The summed E-state index contributed by atoms with van der Waals surface area (Å²) in [6.07, 6.45) is 9.95. The van der Waals surface area contributed by atoms with Crippen LogP contribution < -0.4 is 16.0 Å². The summed E-state index contributed by atoms with van der Waals surface area (Å²) >= 11 is 0. The quantitative estimate of drug-likeness (QED) is 0.310. The van der Waals surface area contributed by atoms with Gasteiger partial charge in [0.15, 0.2) is 5.96 Å². The normalized spacial score (nSPS) is 21.6. The van der Waals surface area contributed by atoms with Gasteiger partial charge in [-0.25, -0.2) is 0 Å². The summed E-state index contributed by atoms with van der Waals surface area (Å²) in [5.41, 5.74) is 0. The molecule has 3 N–H and O–H groups in total. The van der Waals surface area contributed by atoms with E-state index in [1.165, 1.54) is 19.3 Å². The van der Waals surface area contributed by atoms with Crippen LogP contribution in [0.1, 0.15) is 57.8 Å². The van der Waals surface area contributed by atoms with Crippen LogP contribution in [0, 0.1) is 0 Å². The van der Waals surface area contributed by atoms with Crippen LogP contribution in [0.25, 0.3) is 0 Å². The van der Waals surface area contributed by atoms with Gasteiger partial charge < -0.3 is 25.4 Å². The van der Waals surface area contributed by atoms with Crippen molar-refractivity contribution in [1.29, 1.82) is 0 Å². The van der Waals surface area contributed by atoms with E-state index in [4.69, 9.17) is 9.47 Å². The molecule has 0 aromatic rings. The first-order valence-corrected chi connectivity index (χ1v) is 10.2. The maximum atomic E-state index is 12.0. The average molecular weight is 369 g/mol. The SMILES string of the molecule is CN=C(NCCCOCC1CCCO1)NCCC(=O)NC1CCCCC1. The number of hydrogen-bond acceptors (Lipinski definition) is 4. The highest BCUT2D eigenvalue weighted by Gasteiger charge is 2.16. The Morgan fingerprint density at radius 1 is 1.12 bits per heavy atom. The molecule has 150 valence electrons. The second-order valence-corrected chi connectivity index (χ2v) is 7.14. The fraction of sp³-hybridized carbons (Fsp3) is 0.895. The monoisotopic (exact) mass is 368 g/mol. The molecule has 0 spiro atoms. The van der Waals surface area contributed by atoms with E-state index < -0.39 is 0 Å². The Morgan fingerprint density at radius 2 is 1.92 bits per heavy atom. The highest BCUT2D eigenvalue weighted by molar-refractivity contribution is 5.81. The topological polar surface area (TPSA) is 84.0 Å². The van der Waals surface area contributed by atoms with Crippen LogP contribution in [-0.4, -0.2) is 64.0 Å². The first-order valence-electron chi connectivity index (χ1n) is 10.2. The molecule has 0 aromatic carbocycles. The van der Waals surface area contributed by atoms with Crippen molar-refractivity contribution in [1.82, 2.24) is 16.0 Å². The van der Waals surface area contributed by atoms with Crippen molar-refractivity contribution >= 4 is 11.9 Å². The minimum absolute atomic E-state index is 0.127. The van der Waals surface area contributed by atoms with Gasteiger partial charge in [0, 0.05) is 45.8 Å². The van der Waals surface area contributed by atoms with Crippen LogP contribution in [0.4, 0.5) is 0 Å². The Morgan fingerprint density at radius 3 is 2.65 bits per heavy atom. The van der Waals surface area contributed by atoms with Crippen molar-refractivity contribution in [2.24, 2.45) is 4.99 Å². The third-order valence-electron chi connectivity index (χ3n) is 4.92. The van der Waals surface area contributed by atoms with Crippen LogP contribution in [0.5, 0.6) is 0 Å². The van der Waals surface area contributed by atoms with Gasteiger partial charge in [-0.15, -0.1) is 0 Å². The van der Waals surface area contributed by atoms with Gasteiger partial charge in [-0.3, -0.25) is 9.79 Å². The molecule has 1 saturated carbocycles.